The topological polar surface area (TPSA) is 161 Å². The van der Waals surface area contributed by atoms with Crippen LogP contribution in [-0.2, 0) is 30.6 Å². The normalized spacial score (nSPS) is 26.0. The number of hydrogen-bond acceptors (Lipinski definition) is 10. The average Bonchev–Trinajstić information content (AvgIpc) is 3.08. The van der Waals surface area contributed by atoms with E-state index in [2.05, 4.69) is 10.1 Å². The van der Waals surface area contributed by atoms with Gasteiger partial charge in [-0.3, -0.25) is 19.1 Å². The summed E-state index contributed by atoms with van der Waals surface area (Å²) in [6.45, 7) is 2.82. The first-order valence-corrected chi connectivity index (χ1v) is 14.4. The van der Waals surface area contributed by atoms with Crippen LogP contribution in [0.1, 0.15) is 40.3 Å². The fraction of sp³-hybridized carbons (Fsp3) is 0.522. The Bertz CT molecular complexity index is 1240. The van der Waals surface area contributed by atoms with Crippen molar-refractivity contribution in [3.8, 4) is 5.75 Å². The molecule has 1 aliphatic rings. The van der Waals surface area contributed by atoms with Gasteiger partial charge in [0.2, 0.25) is 0 Å². The number of esters is 1. The Morgan fingerprint density at radius 2 is 1.95 bits per heavy atom. The van der Waals surface area contributed by atoms with E-state index in [0.29, 0.717) is 5.75 Å². The van der Waals surface area contributed by atoms with E-state index in [9.17, 15) is 24.6 Å². The molecule has 0 spiro atoms. The lowest BCUT2D eigenvalue weighted by Crippen LogP contribution is -2.48. The maximum Gasteiger partial charge on any atom is 0.330 e. The molecule has 1 saturated heterocycles. The molecule has 37 heavy (non-hydrogen) atoms. The second kappa shape index (κ2) is 12.0. The Labute approximate surface area is 218 Å². The van der Waals surface area contributed by atoms with Gasteiger partial charge < -0.3 is 28.7 Å². The molecule has 2 heterocycles. The van der Waals surface area contributed by atoms with Gasteiger partial charge >= 0.3 is 18.3 Å². The van der Waals surface area contributed by atoms with E-state index >= 15 is 0 Å². The van der Waals surface area contributed by atoms with Gasteiger partial charge in [-0.05, 0) is 51.1 Å². The first-order chi connectivity index (χ1) is 17.4. The molecule has 6 atom stereocenters. The number of benzene rings is 1. The summed E-state index contributed by atoms with van der Waals surface area (Å²) in [6, 6.07) is 8.82. The van der Waals surface area contributed by atoms with Crippen LogP contribution in [-0.4, -0.2) is 62.3 Å². The van der Waals surface area contributed by atoms with Crippen LogP contribution < -0.4 is 20.9 Å². The smallest absolute Gasteiger partial charge is 0.330 e. The number of nitrogens with one attached hydrogen (secondary N) is 2. The summed E-state index contributed by atoms with van der Waals surface area (Å²) in [5, 5.41) is 25.0. The summed E-state index contributed by atoms with van der Waals surface area (Å²) < 4.78 is 23.9. The molecule has 1 aliphatic heterocycles. The van der Waals surface area contributed by atoms with Gasteiger partial charge in [0, 0.05) is 12.3 Å². The predicted octanol–water partition coefficient (Wildman–Crippen LogP) is 1.19. The van der Waals surface area contributed by atoms with Crippen molar-refractivity contribution < 1.29 is 33.5 Å². The Kier molecular flexibility index (Phi) is 9.46. The highest BCUT2D eigenvalue weighted by Gasteiger charge is 2.55. The molecule has 0 bridgehead atoms. The van der Waals surface area contributed by atoms with E-state index in [1.54, 1.807) is 58.0 Å². The van der Waals surface area contributed by atoms with Crippen molar-refractivity contribution in [2.45, 2.75) is 70.3 Å². The molecule has 204 valence electrons. The van der Waals surface area contributed by atoms with Gasteiger partial charge in [-0.2, -0.15) is 0 Å². The van der Waals surface area contributed by atoms with Crippen molar-refractivity contribution >= 4 is 24.4 Å². The van der Waals surface area contributed by atoms with E-state index in [0.717, 1.165) is 10.6 Å². The minimum absolute atomic E-state index is 0.0197. The van der Waals surface area contributed by atoms with Crippen molar-refractivity contribution in [1.29, 1.82) is 0 Å². The number of carbonyl (C=O) groups is 1. The number of para-hydroxylation sites is 1. The third-order valence-corrected chi connectivity index (χ3v) is 8.20. The molecular formula is C23H32N3O9PS. The predicted molar refractivity (Wildman–Crippen MR) is 138 cm³/mol. The molecule has 2 aromatic rings. The van der Waals surface area contributed by atoms with Gasteiger partial charge in [0.15, 0.2) is 6.23 Å². The van der Waals surface area contributed by atoms with Crippen molar-refractivity contribution in [1.82, 2.24) is 14.6 Å². The number of H-pyrrole nitrogens is 1. The van der Waals surface area contributed by atoms with Gasteiger partial charge in [-0.15, -0.1) is 0 Å². The summed E-state index contributed by atoms with van der Waals surface area (Å²) >= 11 is 5.66. The van der Waals surface area contributed by atoms with Crippen LogP contribution in [0.5, 0.6) is 5.75 Å². The highest BCUT2D eigenvalue weighted by Crippen LogP contribution is 2.47. The van der Waals surface area contributed by atoms with Gasteiger partial charge in [-0.25, -0.2) is 9.88 Å². The molecule has 0 radical (unpaired) electrons. The first-order valence-electron chi connectivity index (χ1n) is 11.7. The van der Waals surface area contributed by atoms with E-state index in [-0.39, 0.29) is 19.1 Å². The van der Waals surface area contributed by atoms with E-state index in [4.69, 9.17) is 30.3 Å². The zero-order chi connectivity index (χ0) is 27.4. The molecule has 1 aromatic heterocycles. The van der Waals surface area contributed by atoms with E-state index in [1.807, 2.05) is 0 Å². The Morgan fingerprint density at radius 1 is 1.27 bits per heavy atom. The molecular weight excluding hydrogens is 525 g/mol. The Balaban J connectivity index is 1.83. The van der Waals surface area contributed by atoms with Crippen molar-refractivity contribution in [3.05, 3.63) is 63.4 Å². The van der Waals surface area contributed by atoms with Crippen LogP contribution in [0.15, 0.2) is 52.2 Å². The summed E-state index contributed by atoms with van der Waals surface area (Å²) in [5.41, 5.74) is -3.30. The fourth-order valence-electron chi connectivity index (χ4n) is 3.76. The number of aromatic amines is 1. The third-order valence-electron chi connectivity index (χ3n) is 5.70. The number of hydrogen-bond donors (Lipinski definition) is 4. The second-order valence-corrected chi connectivity index (χ2v) is 12.0. The molecule has 12 nitrogen and oxygen atoms in total. The molecule has 3 rings (SSSR count). The van der Waals surface area contributed by atoms with Crippen molar-refractivity contribution in [2.75, 3.05) is 6.61 Å². The molecule has 0 aliphatic carbocycles. The Hall–Kier alpha value is -2.38. The fourth-order valence-corrected chi connectivity index (χ4v) is 6.18. The summed E-state index contributed by atoms with van der Waals surface area (Å²) in [4.78, 5) is 38.3. The maximum absolute atomic E-state index is 12.4. The van der Waals surface area contributed by atoms with Crippen molar-refractivity contribution in [2.24, 2.45) is 0 Å². The molecule has 14 heteroatoms. The standard InChI is InChI=1S/C23H32N3O9PS/c1-5-23(31)19(28)17(34-21(23)26-12-11-18(27)24-22(26)30)13-32-36(37,35-16-9-7-6-8-10-16)25-15(4)20(29)33-14(2)3/h6-12,14-15,17,19,21,28,31H,5,13H2,1-4H3,(H,25,37)(H,24,27,30)/t15-,17+,19+,21+,23+,36?/m0/s1. The largest absolute Gasteiger partial charge is 0.462 e. The van der Waals surface area contributed by atoms with E-state index < -0.39 is 53.9 Å². The molecule has 0 amide bonds. The average molecular weight is 558 g/mol. The molecule has 4 N–H and O–H groups in total. The van der Waals surface area contributed by atoms with Gasteiger partial charge in [0.05, 0.1) is 12.7 Å². The van der Waals surface area contributed by atoms with Crippen molar-refractivity contribution in [3.63, 3.8) is 0 Å². The van der Waals surface area contributed by atoms with Gasteiger partial charge in [0.1, 0.15) is 29.6 Å². The third kappa shape index (κ3) is 6.94. The van der Waals surface area contributed by atoms with Crippen LogP contribution in [0.2, 0.25) is 0 Å². The number of carbonyl (C=O) groups excluding carboxylic acids is 1. The SMILES string of the molecule is CC[C@@]1(O)[C@H](O)[C@@H](COP(=S)(N[C@@H](C)C(=O)OC(C)C)Oc2ccccc2)O[C@H]1n1ccc(=O)[nH]c1=O. The van der Waals surface area contributed by atoms with Crippen LogP contribution >= 0.6 is 6.64 Å². The van der Waals surface area contributed by atoms with Gasteiger partial charge in [-0.1, -0.05) is 25.1 Å². The number of aromatic nitrogens is 2. The number of ether oxygens (including phenoxy) is 2. The minimum atomic E-state index is -3.44. The highest BCUT2D eigenvalue weighted by atomic mass is 32.5. The van der Waals surface area contributed by atoms with Gasteiger partial charge in [0.25, 0.3) is 5.56 Å². The zero-order valence-electron chi connectivity index (χ0n) is 20.9. The molecule has 1 unspecified atom stereocenters. The molecule has 1 aromatic carbocycles. The number of aliphatic hydroxyl groups is 2. The van der Waals surface area contributed by atoms with Crippen LogP contribution in [0, 0.1) is 0 Å². The number of nitrogens with zero attached hydrogens (tertiary/aromatic N) is 1. The van der Waals surface area contributed by atoms with Crippen LogP contribution in [0.25, 0.3) is 0 Å². The number of aliphatic hydroxyl groups excluding tert-OH is 1. The lowest BCUT2D eigenvalue weighted by molar-refractivity contribution is -0.149. The maximum atomic E-state index is 12.4. The Morgan fingerprint density at radius 3 is 2.54 bits per heavy atom. The van der Waals surface area contributed by atoms with E-state index in [1.165, 1.54) is 6.20 Å². The summed E-state index contributed by atoms with van der Waals surface area (Å²) in [7, 11) is 0. The van der Waals surface area contributed by atoms with Crippen LogP contribution in [0.3, 0.4) is 0 Å². The zero-order valence-corrected chi connectivity index (χ0v) is 22.6. The number of rotatable bonds is 11. The molecule has 0 saturated carbocycles. The summed E-state index contributed by atoms with van der Waals surface area (Å²) in [6.07, 6.45) is -3.07. The highest BCUT2D eigenvalue weighted by molar-refractivity contribution is 8.09. The molecule has 1 fully saturated rings. The first kappa shape index (κ1) is 29.2. The second-order valence-electron chi connectivity index (χ2n) is 8.87. The monoisotopic (exact) mass is 557 g/mol. The van der Waals surface area contributed by atoms with Crippen LogP contribution in [0.4, 0.5) is 0 Å². The summed E-state index contributed by atoms with van der Waals surface area (Å²) in [5.74, 6) is -0.169. The quantitative estimate of drug-likeness (QED) is 0.232. The lowest BCUT2D eigenvalue weighted by atomic mass is 9.91. The minimum Gasteiger partial charge on any atom is -0.462 e. The lowest BCUT2D eigenvalue weighted by Gasteiger charge is -2.30.